The van der Waals surface area contributed by atoms with Gasteiger partial charge in [0, 0.05) is 22.7 Å². The lowest BCUT2D eigenvalue weighted by Gasteiger charge is -2.51. The highest BCUT2D eigenvalue weighted by Gasteiger charge is 2.69. The number of primary amides is 1. The maximum Gasteiger partial charge on any atom is 0.235 e. The fraction of sp³-hybridized carbons (Fsp3) is 0.269. The van der Waals surface area contributed by atoms with Crippen LogP contribution >= 0.6 is 15.9 Å². The van der Waals surface area contributed by atoms with Crippen LogP contribution < -0.4 is 5.73 Å². The summed E-state index contributed by atoms with van der Waals surface area (Å²) in [4.78, 5) is 64.8. The van der Waals surface area contributed by atoms with Gasteiger partial charge in [0.1, 0.15) is 5.75 Å². The van der Waals surface area contributed by atoms with Gasteiger partial charge in [-0.15, -0.1) is 0 Å². The molecule has 6 atom stereocenters. The molecule has 3 aliphatic carbocycles. The summed E-state index contributed by atoms with van der Waals surface area (Å²) in [6, 6.07) is 11.4. The largest absolute Gasteiger partial charge is 0.507 e. The highest BCUT2D eigenvalue weighted by atomic mass is 79.9. The van der Waals surface area contributed by atoms with E-state index in [2.05, 4.69) is 15.9 Å². The molecule has 3 aliphatic rings. The molecule has 5 rings (SSSR count). The minimum absolute atomic E-state index is 0.185. The van der Waals surface area contributed by atoms with Gasteiger partial charge in [-0.1, -0.05) is 46.3 Å². The molecule has 2 saturated carbocycles. The number of halogens is 1. The Morgan fingerprint density at radius 3 is 2.36 bits per heavy atom. The lowest BCUT2D eigenvalue weighted by atomic mass is 9.51. The first kappa shape index (κ1) is 24.2. The Bertz CT molecular complexity index is 1400. The molecule has 0 heterocycles. The molecule has 2 aromatic rings. The molecule has 9 nitrogen and oxygen atoms in total. The van der Waals surface area contributed by atoms with E-state index in [1.54, 1.807) is 36.4 Å². The number of aliphatic hydroxyl groups excluding tert-OH is 1. The van der Waals surface area contributed by atoms with Crippen LogP contribution in [0.1, 0.15) is 27.9 Å². The van der Waals surface area contributed by atoms with Gasteiger partial charge in [-0.3, -0.25) is 24.0 Å². The molecule has 0 spiro atoms. The summed E-state index contributed by atoms with van der Waals surface area (Å²) >= 11 is 3.35. The number of aliphatic hydroxyl groups is 2. The summed E-state index contributed by atoms with van der Waals surface area (Å²) in [5, 5.41) is 33.3. The van der Waals surface area contributed by atoms with Crippen molar-refractivity contribution in [1.82, 2.24) is 0 Å². The molecule has 0 radical (unpaired) electrons. The number of amides is 1. The highest BCUT2D eigenvalue weighted by Crippen LogP contribution is 2.54. The van der Waals surface area contributed by atoms with Crippen LogP contribution in [0, 0.1) is 23.7 Å². The lowest BCUT2D eigenvalue weighted by Crippen LogP contribution is -2.72. The van der Waals surface area contributed by atoms with Gasteiger partial charge in [-0.25, -0.2) is 0 Å². The second kappa shape index (κ2) is 8.29. The van der Waals surface area contributed by atoms with Crippen LogP contribution in [0.3, 0.4) is 0 Å². The number of fused-ring (bicyclic) bond motifs is 3. The Balaban J connectivity index is 1.74. The highest BCUT2D eigenvalue weighted by molar-refractivity contribution is 9.10. The Hall–Kier alpha value is -3.47. The predicted octanol–water partition coefficient (Wildman–Crippen LogP) is 1.06. The molecule has 0 bridgehead atoms. The van der Waals surface area contributed by atoms with Crippen molar-refractivity contribution in [1.29, 1.82) is 0 Å². The molecule has 0 aliphatic heterocycles. The second-order valence-corrected chi connectivity index (χ2v) is 10.2. The summed E-state index contributed by atoms with van der Waals surface area (Å²) < 4.78 is 0.806. The van der Waals surface area contributed by atoms with E-state index >= 15 is 0 Å². The zero-order valence-electron chi connectivity index (χ0n) is 18.6. The van der Waals surface area contributed by atoms with E-state index in [1.807, 2.05) is 0 Å². The quantitative estimate of drug-likeness (QED) is 0.399. The molecular weight excluding hydrogens is 534 g/mol. The minimum atomic E-state index is -2.96. The number of ketones is 4. The number of rotatable bonds is 2. The fourth-order valence-electron chi connectivity index (χ4n) is 5.77. The maximum atomic E-state index is 13.7. The molecule has 10 heteroatoms. The molecule has 6 unspecified atom stereocenters. The fourth-order valence-corrected chi connectivity index (χ4v) is 6.04. The number of benzene rings is 2. The maximum absolute atomic E-state index is 13.7. The lowest BCUT2D eigenvalue weighted by molar-refractivity contribution is -0.185. The zero-order valence-corrected chi connectivity index (χ0v) is 20.1. The van der Waals surface area contributed by atoms with E-state index in [1.165, 1.54) is 12.1 Å². The summed E-state index contributed by atoms with van der Waals surface area (Å²) in [5.74, 6) is -12.8. The van der Waals surface area contributed by atoms with Gasteiger partial charge in [0.2, 0.25) is 5.91 Å². The van der Waals surface area contributed by atoms with Gasteiger partial charge in [0.05, 0.1) is 17.6 Å². The number of hydrogen-bond acceptors (Lipinski definition) is 8. The van der Waals surface area contributed by atoms with Gasteiger partial charge in [0.25, 0.3) is 0 Å². The van der Waals surface area contributed by atoms with E-state index in [4.69, 9.17) is 5.73 Å². The van der Waals surface area contributed by atoms with Crippen molar-refractivity contribution in [2.45, 2.75) is 18.1 Å². The van der Waals surface area contributed by atoms with Gasteiger partial charge in [0.15, 0.2) is 34.7 Å². The number of phenols is 1. The van der Waals surface area contributed by atoms with Crippen LogP contribution in [0.25, 0.3) is 11.6 Å². The van der Waals surface area contributed by atoms with Gasteiger partial charge in [-0.2, -0.15) is 0 Å². The van der Waals surface area contributed by atoms with Crippen LogP contribution in [0.5, 0.6) is 5.75 Å². The first-order valence-electron chi connectivity index (χ1n) is 11.1. The normalized spacial score (nSPS) is 32.6. The van der Waals surface area contributed by atoms with Crippen LogP contribution in [-0.2, 0) is 19.2 Å². The van der Waals surface area contributed by atoms with Crippen molar-refractivity contribution >= 4 is 56.6 Å². The zero-order chi connectivity index (χ0) is 26.1. The monoisotopic (exact) mass is 553 g/mol. The van der Waals surface area contributed by atoms with Crippen LogP contribution in [-0.4, -0.2) is 56.1 Å². The Morgan fingerprint density at radius 1 is 1.06 bits per heavy atom. The Labute approximate surface area is 212 Å². The summed E-state index contributed by atoms with van der Waals surface area (Å²) in [5.41, 5.74) is 3.31. The van der Waals surface area contributed by atoms with E-state index < -0.39 is 76.6 Å². The van der Waals surface area contributed by atoms with Crippen molar-refractivity contribution in [3.8, 4) is 5.75 Å². The Morgan fingerprint density at radius 2 is 1.72 bits per heavy atom. The van der Waals surface area contributed by atoms with Crippen molar-refractivity contribution in [2.75, 3.05) is 0 Å². The van der Waals surface area contributed by atoms with Crippen LogP contribution in [0.2, 0.25) is 0 Å². The predicted molar refractivity (Wildman–Crippen MR) is 128 cm³/mol. The molecule has 36 heavy (non-hydrogen) atoms. The van der Waals surface area contributed by atoms with Crippen molar-refractivity contribution in [2.24, 2.45) is 29.4 Å². The molecule has 2 fully saturated rings. The van der Waals surface area contributed by atoms with Crippen molar-refractivity contribution in [3.05, 3.63) is 63.6 Å². The molecule has 184 valence electrons. The number of phenolic OH excluding ortho intramolecular Hbond substituents is 1. The average Bonchev–Trinajstić information content (AvgIpc) is 2.82. The first-order chi connectivity index (χ1) is 17.0. The van der Waals surface area contributed by atoms with Gasteiger partial charge < -0.3 is 21.1 Å². The molecule has 5 N–H and O–H groups in total. The van der Waals surface area contributed by atoms with E-state index in [0.717, 1.165) is 4.47 Å². The second-order valence-electron chi connectivity index (χ2n) is 9.32. The summed E-state index contributed by atoms with van der Waals surface area (Å²) in [6.45, 7) is 0. The third-order valence-corrected chi connectivity index (χ3v) is 7.96. The third-order valence-electron chi connectivity index (χ3n) is 7.43. The van der Waals surface area contributed by atoms with Gasteiger partial charge in [-0.05, 0) is 34.9 Å². The number of aromatic hydroxyl groups is 1. The van der Waals surface area contributed by atoms with E-state index in [0.29, 0.717) is 11.1 Å². The summed E-state index contributed by atoms with van der Waals surface area (Å²) in [6.07, 6.45) is -0.687. The number of carbonyl (C=O) groups is 5. The van der Waals surface area contributed by atoms with Crippen LogP contribution in [0.4, 0.5) is 0 Å². The smallest absolute Gasteiger partial charge is 0.235 e. The van der Waals surface area contributed by atoms with E-state index in [9.17, 15) is 39.3 Å². The average molecular weight is 554 g/mol. The molecular formula is C26H20BrNO8. The number of hydrogen-bond donors (Lipinski definition) is 4. The SMILES string of the molecule is NC(=O)C1C(=O)CC2C(O)C3C(=Cc4ccc(Br)cc4)c4cccc(O)c4C(=O)C3C(=O)C2(O)C1=O. The molecule has 0 aromatic heterocycles. The molecule has 0 saturated heterocycles. The minimum Gasteiger partial charge on any atom is -0.507 e. The summed E-state index contributed by atoms with van der Waals surface area (Å²) in [7, 11) is 0. The number of Topliss-reactive ketones (excluding diaryl/α,β-unsaturated/α-hetero) is 4. The number of carbonyl (C=O) groups excluding carboxylic acids is 5. The topological polar surface area (TPSA) is 172 Å². The number of nitrogens with two attached hydrogens (primary N) is 1. The van der Waals surface area contributed by atoms with Crippen molar-refractivity contribution < 1.29 is 39.3 Å². The van der Waals surface area contributed by atoms with Gasteiger partial charge >= 0.3 is 0 Å². The van der Waals surface area contributed by atoms with Crippen molar-refractivity contribution in [3.63, 3.8) is 0 Å². The standard InChI is InChI=1S/C26H20BrNO8/c27-11-6-4-10(5-7-11)8-13-12-2-1-3-15(29)17(12)22(32)20-18(13)21(31)14-9-16(30)19(25(28)35)23(33)26(14,36)24(20)34/h1-8,14,18-21,29,31,36H,9H2,(H2,28,35). The molecule has 1 amide bonds. The van der Waals surface area contributed by atoms with E-state index in [-0.39, 0.29) is 11.1 Å². The van der Waals surface area contributed by atoms with Crippen LogP contribution in [0.15, 0.2) is 46.9 Å². The first-order valence-corrected chi connectivity index (χ1v) is 11.9. The Kier molecular flexibility index (Phi) is 5.58. The third kappa shape index (κ3) is 3.25. The molecule has 2 aromatic carbocycles.